The summed E-state index contributed by atoms with van der Waals surface area (Å²) in [5, 5.41) is 11.6. The van der Waals surface area contributed by atoms with Crippen LogP contribution in [0.5, 0.6) is 0 Å². The lowest BCUT2D eigenvalue weighted by Gasteiger charge is -2.19. The molecule has 0 radical (unpaired) electrons. The van der Waals surface area contributed by atoms with E-state index < -0.39 is 11.9 Å². The maximum Gasteiger partial charge on any atom is 0.435 e. The van der Waals surface area contributed by atoms with E-state index in [4.69, 9.17) is 10.1 Å². The van der Waals surface area contributed by atoms with Crippen molar-refractivity contribution in [3.63, 3.8) is 0 Å². The highest BCUT2D eigenvalue weighted by Gasteiger charge is 2.38. The molecule has 2 heterocycles. The third-order valence-corrected chi connectivity index (χ3v) is 7.19. The van der Waals surface area contributed by atoms with Crippen LogP contribution in [0.4, 0.5) is 17.6 Å². The van der Waals surface area contributed by atoms with Gasteiger partial charge in [-0.3, -0.25) is 14.9 Å². The Morgan fingerprint density at radius 3 is 2.61 bits per heavy atom. The molecule has 1 N–H and O–H groups in total. The van der Waals surface area contributed by atoms with Gasteiger partial charge in [0.15, 0.2) is 11.5 Å². The first-order valence-electron chi connectivity index (χ1n) is 12.5. The van der Waals surface area contributed by atoms with E-state index in [-0.39, 0.29) is 47.6 Å². The summed E-state index contributed by atoms with van der Waals surface area (Å²) in [4.78, 5) is 15.3. The third-order valence-electron chi connectivity index (χ3n) is 7.19. The molecule has 0 unspecified atom stereocenters. The van der Waals surface area contributed by atoms with Crippen molar-refractivity contribution in [3.8, 4) is 11.1 Å². The highest BCUT2D eigenvalue weighted by molar-refractivity contribution is 5.98. The first-order chi connectivity index (χ1) is 18.0. The summed E-state index contributed by atoms with van der Waals surface area (Å²) in [6.45, 7) is 2.73. The molecule has 1 saturated heterocycles. The second-order valence-electron chi connectivity index (χ2n) is 10.1. The molecule has 2 aliphatic rings. The molecule has 0 spiro atoms. The fourth-order valence-electron chi connectivity index (χ4n) is 5.10. The normalized spacial score (nSPS) is 16.6. The van der Waals surface area contributed by atoms with Gasteiger partial charge in [0.05, 0.1) is 6.54 Å². The number of carbonyl (C=O) groups is 1. The average molecular weight is 529 g/mol. The van der Waals surface area contributed by atoms with Crippen molar-refractivity contribution in [1.29, 1.82) is 5.41 Å². The van der Waals surface area contributed by atoms with Crippen LogP contribution in [0.15, 0.2) is 42.6 Å². The van der Waals surface area contributed by atoms with Gasteiger partial charge < -0.3 is 9.64 Å². The molecular formula is C28H28F4N4O2. The molecule has 1 aromatic heterocycles. The summed E-state index contributed by atoms with van der Waals surface area (Å²) in [7, 11) is 1.42. The molecule has 38 heavy (non-hydrogen) atoms. The smallest absolute Gasteiger partial charge is 0.435 e. The molecule has 5 rings (SSSR count). The van der Waals surface area contributed by atoms with Crippen molar-refractivity contribution in [1.82, 2.24) is 14.7 Å². The van der Waals surface area contributed by atoms with E-state index in [2.05, 4.69) is 5.10 Å². The van der Waals surface area contributed by atoms with Crippen LogP contribution in [-0.2, 0) is 24.5 Å². The van der Waals surface area contributed by atoms with Crippen LogP contribution in [0.3, 0.4) is 0 Å². The second-order valence-corrected chi connectivity index (χ2v) is 10.1. The fraction of sp³-hybridized carbons (Fsp3) is 0.393. The maximum absolute atomic E-state index is 13.9. The predicted octanol–water partition coefficient (Wildman–Crippen LogP) is 6.09. The number of rotatable bonds is 8. The molecule has 200 valence electrons. The zero-order valence-corrected chi connectivity index (χ0v) is 21.1. The van der Waals surface area contributed by atoms with Crippen molar-refractivity contribution in [3.05, 3.63) is 76.4 Å². The Morgan fingerprint density at radius 2 is 1.97 bits per heavy atom. The molecule has 0 bridgehead atoms. The second kappa shape index (κ2) is 9.89. The number of hydrogen-bond donors (Lipinski definition) is 1. The van der Waals surface area contributed by atoms with Gasteiger partial charge in [-0.2, -0.15) is 18.3 Å². The Labute approximate surface area is 217 Å². The third kappa shape index (κ3) is 5.44. The molecule has 1 saturated carbocycles. The lowest BCUT2D eigenvalue weighted by atomic mass is 9.86. The van der Waals surface area contributed by atoms with Crippen molar-refractivity contribution >= 4 is 11.8 Å². The van der Waals surface area contributed by atoms with Gasteiger partial charge in [-0.05, 0) is 78.1 Å². The van der Waals surface area contributed by atoms with Crippen molar-refractivity contribution in [2.24, 2.45) is 13.0 Å². The lowest BCUT2D eigenvalue weighted by Crippen LogP contribution is -2.24. The molecule has 1 atom stereocenters. The molecular weight excluding hydrogens is 500 g/mol. The van der Waals surface area contributed by atoms with Gasteiger partial charge in [-0.15, -0.1) is 0 Å². The van der Waals surface area contributed by atoms with Crippen LogP contribution in [0.25, 0.3) is 11.1 Å². The monoisotopic (exact) mass is 528 g/mol. The number of halogens is 4. The first kappa shape index (κ1) is 25.9. The number of amidine groups is 1. The minimum atomic E-state index is -4.67. The number of aromatic nitrogens is 2. The molecule has 1 aliphatic heterocycles. The van der Waals surface area contributed by atoms with Crippen molar-refractivity contribution in [2.75, 3.05) is 13.2 Å². The summed E-state index contributed by atoms with van der Waals surface area (Å²) in [5.74, 6) is -0.292. The number of hydrogen-bond acceptors (Lipinski definition) is 4. The number of alkyl halides is 3. The molecule has 2 aromatic carbocycles. The minimum Gasteiger partial charge on any atom is -0.463 e. The molecule has 6 nitrogen and oxygen atoms in total. The molecule has 3 aromatic rings. The number of ketones is 1. The number of carbonyl (C=O) groups excluding carboxylic acids is 1. The van der Waals surface area contributed by atoms with Crippen LogP contribution in [0.2, 0.25) is 0 Å². The molecule has 1 aliphatic carbocycles. The van der Waals surface area contributed by atoms with Gasteiger partial charge in [0.2, 0.25) is 0 Å². The maximum atomic E-state index is 13.9. The van der Waals surface area contributed by atoms with Gasteiger partial charge in [0, 0.05) is 37.3 Å². The largest absolute Gasteiger partial charge is 0.463 e. The average Bonchev–Trinajstić information content (AvgIpc) is 3.50. The number of ether oxygens (including phenoxy) is 1. The zero-order chi connectivity index (χ0) is 27.2. The van der Waals surface area contributed by atoms with Gasteiger partial charge in [0.1, 0.15) is 12.4 Å². The van der Waals surface area contributed by atoms with E-state index in [0.29, 0.717) is 35.8 Å². The van der Waals surface area contributed by atoms with Crippen LogP contribution in [-0.4, -0.2) is 39.6 Å². The van der Waals surface area contributed by atoms with E-state index in [1.54, 1.807) is 36.1 Å². The molecule has 0 amide bonds. The Kier molecular flexibility index (Phi) is 6.75. The number of aryl methyl sites for hydroxylation is 2. The lowest BCUT2D eigenvalue weighted by molar-refractivity contribution is -0.140. The summed E-state index contributed by atoms with van der Waals surface area (Å²) < 4.78 is 61.5. The van der Waals surface area contributed by atoms with E-state index in [0.717, 1.165) is 23.1 Å². The minimum absolute atomic E-state index is 0.0129. The highest BCUT2D eigenvalue weighted by Crippen LogP contribution is 2.45. The Balaban J connectivity index is 1.52. The number of nitrogens with zero attached hydrogens (tertiary/aromatic N) is 3. The van der Waals surface area contributed by atoms with Crippen LogP contribution >= 0.6 is 0 Å². The first-order valence-corrected chi connectivity index (χ1v) is 12.5. The van der Waals surface area contributed by atoms with E-state index in [9.17, 15) is 22.4 Å². The Hall–Kier alpha value is -3.69. The van der Waals surface area contributed by atoms with Gasteiger partial charge in [0.25, 0.3) is 6.02 Å². The van der Waals surface area contributed by atoms with Crippen LogP contribution in [0, 0.1) is 24.1 Å². The summed E-state index contributed by atoms with van der Waals surface area (Å²) in [5.41, 5.74) is 1.40. The molecule has 10 heteroatoms. The quantitative estimate of drug-likeness (QED) is 0.284. The summed E-state index contributed by atoms with van der Waals surface area (Å²) in [6.07, 6.45) is -1.26. The number of Topliss-reactive ketones (excluding diaryl/α,β-unsaturated/α-hetero) is 1. The Bertz CT molecular complexity index is 1390. The van der Waals surface area contributed by atoms with E-state index >= 15 is 0 Å². The highest BCUT2D eigenvalue weighted by atomic mass is 19.4. The van der Waals surface area contributed by atoms with Gasteiger partial charge in [-0.25, -0.2) is 4.39 Å². The summed E-state index contributed by atoms with van der Waals surface area (Å²) >= 11 is 0. The summed E-state index contributed by atoms with van der Waals surface area (Å²) in [6, 6.07) is 9.67. The SMILES string of the molecule is Cc1cc([C@@H](CC(=O)c2cc(CN3CCOC3=N)cc(-c3cn(C)nc3C(F)(F)F)c2)C2CC2)ccc1F. The Morgan fingerprint density at radius 1 is 1.21 bits per heavy atom. The van der Waals surface area contributed by atoms with E-state index in [1.165, 1.54) is 25.4 Å². The standard InChI is InChI=1S/C28H28F4N4O2/c1-16-9-19(5-6-24(16)29)22(18-3-4-18)13-25(37)21-11-17(14-36-7-8-38-27(36)33)10-20(12-21)23-15-35(2)34-26(23)28(30,31)32/h5-6,9-12,15,18,22,33H,3-4,7-8,13-14H2,1-2H3/t22-/m0/s1. The number of nitrogens with one attached hydrogen (secondary N) is 1. The van der Waals surface area contributed by atoms with Crippen molar-refractivity contribution in [2.45, 2.75) is 44.8 Å². The van der Waals surface area contributed by atoms with Gasteiger partial charge in [-0.1, -0.05) is 12.1 Å². The topological polar surface area (TPSA) is 71.2 Å². The van der Waals surface area contributed by atoms with Crippen molar-refractivity contribution < 1.29 is 27.1 Å². The van der Waals surface area contributed by atoms with Crippen LogP contribution in [0.1, 0.15) is 57.9 Å². The van der Waals surface area contributed by atoms with Gasteiger partial charge >= 0.3 is 6.18 Å². The fourth-order valence-corrected chi connectivity index (χ4v) is 5.10. The predicted molar refractivity (Wildman–Crippen MR) is 133 cm³/mol. The van der Waals surface area contributed by atoms with Crippen LogP contribution < -0.4 is 0 Å². The zero-order valence-electron chi connectivity index (χ0n) is 21.1. The number of benzene rings is 2. The molecule has 2 fully saturated rings. The van der Waals surface area contributed by atoms with E-state index in [1.807, 2.05) is 0 Å².